The third-order valence-electron chi connectivity index (χ3n) is 12.7. The topological polar surface area (TPSA) is 169 Å². The first-order chi connectivity index (χ1) is 29.1. The van der Waals surface area contributed by atoms with Crippen LogP contribution in [0.5, 0.6) is 0 Å². The van der Waals surface area contributed by atoms with Gasteiger partial charge in [-0.3, -0.25) is 4.79 Å². The Hall–Kier alpha value is -3.35. The number of nitrogens with one attached hydrogen (secondary N) is 1. The van der Waals surface area contributed by atoms with Gasteiger partial charge in [0.1, 0.15) is 13.2 Å². The highest BCUT2D eigenvalue weighted by atomic mass is 79.9. The van der Waals surface area contributed by atoms with Crippen LogP contribution >= 0.6 is 15.9 Å². The number of aliphatic hydroxyl groups is 2. The van der Waals surface area contributed by atoms with Gasteiger partial charge in [0.15, 0.2) is 11.6 Å². The van der Waals surface area contributed by atoms with Gasteiger partial charge in [0.25, 0.3) is 0 Å². The minimum absolute atomic E-state index is 0.0339. The van der Waals surface area contributed by atoms with Gasteiger partial charge in [-0.25, -0.2) is 9.59 Å². The smallest absolute Gasteiger partial charge is 0.410 e. The number of halogens is 1. The summed E-state index contributed by atoms with van der Waals surface area (Å²) in [5, 5.41) is 24.9. The zero-order valence-electron chi connectivity index (χ0n) is 34.4. The van der Waals surface area contributed by atoms with Crippen molar-refractivity contribution >= 4 is 34.0 Å². The van der Waals surface area contributed by atoms with Crippen molar-refractivity contribution in [3.8, 4) is 0 Å². The number of hydrogen-bond acceptors (Lipinski definition) is 12. The molecule has 330 valence electrons. The predicted octanol–water partition coefficient (Wildman–Crippen LogP) is 4.70. The largest absolute Gasteiger partial charge is 0.445 e. The summed E-state index contributed by atoms with van der Waals surface area (Å²) < 4.78 is 34.3. The molecule has 16 heteroatoms. The molecule has 0 radical (unpaired) electrons. The number of hydrogen-bond donors (Lipinski definition) is 3. The number of amides is 3. The molecule has 60 heavy (non-hydrogen) atoms. The Morgan fingerprint density at radius 3 is 1.65 bits per heavy atom. The number of piperidine rings is 2. The normalized spacial score (nSPS) is 26.6. The summed E-state index contributed by atoms with van der Waals surface area (Å²) in [7, 11) is 0. The number of carbonyl (C=O) groups is 3. The van der Waals surface area contributed by atoms with E-state index in [9.17, 15) is 24.6 Å². The fraction of sp³-hybridized carbons (Fsp3) is 0.659. The number of ether oxygens (including phenoxy) is 6. The molecule has 0 unspecified atom stereocenters. The first kappa shape index (κ1) is 44.7. The van der Waals surface area contributed by atoms with E-state index < -0.39 is 17.7 Å². The van der Waals surface area contributed by atoms with E-state index in [-0.39, 0.29) is 60.3 Å². The second-order valence-corrected chi connectivity index (χ2v) is 17.2. The molecule has 15 nitrogen and oxygen atoms in total. The van der Waals surface area contributed by atoms with E-state index in [0.717, 1.165) is 30.4 Å². The third-order valence-corrected chi connectivity index (χ3v) is 13.2. The third kappa shape index (κ3) is 11.6. The quantitative estimate of drug-likeness (QED) is 0.298. The molecular weight excluding hydrogens is 840 g/mol. The van der Waals surface area contributed by atoms with Crippen molar-refractivity contribution in [1.82, 2.24) is 20.0 Å². The number of rotatable bonds is 9. The molecule has 3 amide bonds. The monoisotopic (exact) mass is 900 g/mol. The molecule has 2 aromatic carbocycles. The molecule has 2 saturated carbocycles. The van der Waals surface area contributed by atoms with E-state index in [4.69, 9.17) is 28.4 Å². The minimum Gasteiger partial charge on any atom is -0.445 e. The Bertz CT molecular complexity index is 1670. The van der Waals surface area contributed by atoms with Crippen LogP contribution in [0.25, 0.3) is 0 Å². The summed E-state index contributed by atoms with van der Waals surface area (Å²) in [5.74, 6) is -1.27. The van der Waals surface area contributed by atoms with Crippen LogP contribution in [0.3, 0.4) is 0 Å². The molecule has 4 aliphatic heterocycles. The Kier molecular flexibility index (Phi) is 15.8. The summed E-state index contributed by atoms with van der Waals surface area (Å²) >= 11 is 3.30. The summed E-state index contributed by atoms with van der Waals surface area (Å²) in [6.45, 7) is 5.21. The fourth-order valence-corrected chi connectivity index (χ4v) is 9.73. The molecular formula is C44H61BrN4O11. The molecule has 6 fully saturated rings. The molecule has 4 heterocycles. The summed E-state index contributed by atoms with van der Waals surface area (Å²) in [4.78, 5) is 43.0. The lowest BCUT2D eigenvalue weighted by Crippen LogP contribution is -2.60. The van der Waals surface area contributed by atoms with E-state index in [2.05, 4.69) is 21.2 Å². The van der Waals surface area contributed by atoms with E-state index >= 15 is 0 Å². The van der Waals surface area contributed by atoms with Crippen LogP contribution in [0.15, 0.2) is 60.7 Å². The number of carbonyl (C=O) groups excluding carboxylic acids is 3. The zero-order chi connectivity index (χ0) is 42.0. The maximum absolute atomic E-state index is 12.9. The van der Waals surface area contributed by atoms with Crippen molar-refractivity contribution in [2.45, 2.75) is 125 Å². The van der Waals surface area contributed by atoms with Gasteiger partial charge in [-0.05, 0) is 49.7 Å². The van der Waals surface area contributed by atoms with Gasteiger partial charge in [0.05, 0.1) is 50.0 Å². The van der Waals surface area contributed by atoms with Crippen LogP contribution in [0, 0.1) is 0 Å². The Balaban J connectivity index is 0.000000183. The Labute approximate surface area is 361 Å². The summed E-state index contributed by atoms with van der Waals surface area (Å²) in [6, 6.07) is 19.1. The van der Waals surface area contributed by atoms with Crippen LogP contribution in [0.1, 0.15) is 75.3 Å². The van der Waals surface area contributed by atoms with Gasteiger partial charge >= 0.3 is 12.2 Å². The highest BCUT2D eigenvalue weighted by molar-refractivity contribution is 9.09. The first-order valence-corrected chi connectivity index (χ1v) is 22.7. The predicted molar refractivity (Wildman–Crippen MR) is 223 cm³/mol. The van der Waals surface area contributed by atoms with Gasteiger partial charge in [-0.1, -0.05) is 76.6 Å². The minimum atomic E-state index is -0.698. The number of benzene rings is 2. The standard InChI is InChI=1S/C23H31BrN2O6.C21H30N2O5/c24-15-21(28)26(19-14-23(9-6-20(19)27)31-12-13-32-23)18-7-10-25(11-8-18)22(29)30-16-17-4-2-1-3-5-17;24-19-6-9-21(27-12-13-28-21)14-18(19)22-17-7-10-23(11-8-17)20(25)26-15-16-4-2-1-3-5-16/h1-5,18-20,27H,6-16H2;1-5,17-19,22,24H,6-15H2/t19-,20-;18-,19-/m11/s1. The SMILES string of the molecule is O=C(OCc1ccccc1)N1CCC(N(C(=O)CBr)[C@@H]2CC3(CC[C@H]2O)OCCO3)CC1.O=C(OCc1ccccc1)N1CCC(N[C@@H]2CC3(CC[C@H]2O)OCCO3)CC1. The number of alkyl halides is 1. The van der Waals surface area contributed by atoms with Crippen LogP contribution in [-0.2, 0) is 46.4 Å². The molecule has 8 rings (SSSR count). The lowest BCUT2D eigenvalue weighted by molar-refractivity contribution is -0.208. The van der Waals surface area contributed by atoms with Crippen molar-refractivity contribution in [3.63, 3.8) is 0 Å². The van der Waals surface area contributed by atoms with Crippen molar-refractivity contribution in [1.29, 1.82) is 0 Å². The van der Waals surface area contributed by atoms with Crippen LogP contribution in [0.2, 0.25) is 0 Å². The molecule has 2 spiro atoms. The fourth-order valence-electron chi connectivity index (χ4n) is 9.44. The van der Waals surface area contributed by atoms with Gasteiger partial charge in [0.2, 0.25) is 5.91 Å². The first-order valence-electron chi connectivity index (χ1n) is 21.6. The molecule has 6 aliphatic rings. The van der Waals surface area contributed by atoms with Crippen LogP contribution in [0.4, 0.5) is 9.59 Å². The molecule has 3 N–H and O–H groups in total. The van der Waals surface area contributed by atoms with E-state index in [1.165, 1.54) is 0 Å². The molecule has 2 aliphatic carbocycles. The Morgan fingerprint density at radius 1 is 0.683 bits per heavy atom. The van der Waals surface area contributed by atoms with E-state index in [1.807, 2.05) is 65.6 Å². The van der Waals surface area contributed by atoms with Crippen LogP contribution < -0.4 is 5.32 Å². The van der Waals surface area contributed by atoms with Crippen molar-refractivity contribution in [2.75, 3.05) is 57.9 Å². The van der Waals surface area contributed by atoms with Crippen molar-refractivity contribution in [2.24, 2.45) is 0 Å². The second-order valence-electron chi connectivity index (χ2n) is 16.7. The number of aliphatic hydroxyl groups excluding tert-OH is 2. The molecule has 4 atom stereocenters. The van der Waals surface area contributed by atoms with Crippen LogP contribution in [-0.4, -0.2) is 149 Å². The average Bonchev–Trinajstić information content (AvgIpc) is 3.95. The lowest BCUT2D eigenvalue weighted by Gasteiger charge is -2.48. The Morgan fingerprint density at radius 2 is 1.15 bits per heavy atom. The number of nitrogens with zero attached hydrogens (tertiary/aromatic N) is 3. The molecule has 4 saturated heterocycles. The highest BCUT2D eigenvalue weighted by Gasteiger charge is 2.49. The second kappa shape index (κ2) is 21.1. The van der Waals surface area contributed by atoms with E-state index in [1.54, 1.807) is 9.80 Å². The van der Waals surface area contributed by atoms with Gasteiger partial charge in [-0.15, -0.1) is 0 Å². The molecule has 0 bridgehead atoms. The van der Waals surface area contributed by atoms with Crippen molar-refractivity contribution in [3.05, 3.63) is 71.8 Å². The lowest BCUT2D eigenvalue weighted by atomic mass is 9.84. The summed E-state index contributed by atoms with van der Waals surface area (Å²) in [5.41, 5.74) is 1.94. The molecule has 2 aromatic rings. The number of likely N-dealkylation sites (tertiary alicyclic amines) is 2. The van der Waals surface area contributed by atoms with Gasteiger partial charge in [0, 0.05) is 70.0 Å². The maximum Gasteiger partial charge on any atom is 0.410 e. The summed E-state index contributed by atoms with van der Waals surface area (Å²) in [6.07, 6.45) is 5.10. The average molecular weight is 902 g/mol. The highest BCUT2D eigenvalue weighted by Crippen LogP contribution is 2.40. The van der Waals surface area contributed by atoms with Gasteiger partial charge in [-0.2, -0.15) is 0 Å². The maximum atomic E-state index is 12.9. The molecule has 0 aromatic heterocycles. The van der Waals surface area contributed by atoms with Crippen molar-refractivity contribution < 1.29 is 53.0 Å². The van der Waals surface area contributed by atoms with E-state index in [0.29, 0.717) is 104 Å². The van der Waals surface area contributed by atoms with Gasteiger partial charge < -0.3 is 58.7 Å². The zero-order valence-corrected chi connectivity index (χ0v) is 36.0.